The molecule has 0 saturated heterocycles. The molecule has 0 bridgehead atoms. The second-order valence-corrected chi connectivity index (χ2v) is 8.82. The fraction of sp³-hybridized carbons (Fsp3) is 0.296. The molecule has 3 aromatic rings. The number of aromatic nitrogens is 1. The van der Waals surface area contributed by atoms with Crippen molar-refractivity contribution >= 4 is 17.5 Å². The Labute approximate surface area is 192 Å². The Kier molecular flexibility index (Phi) is 5.67. The number of nitrogens with zero attached hydrogens (tertiary/aromatic N) is 2. The van der Waals surface area contributed by atoms with Crippen LogP contribution in [0, 0.1) is 5.82 Å². The molecule has 1 aliphatic heterocycles. The van der Waals surface area contributed by atoms with Crippen LogP contribution < -0.4 is 10.2 Å². The van der Waals surface area contributed by atoms with Crippen LogP contribution in [0.1, 0.15) is 59.6 Å². The van der Waals surface area contributed by atoms with E-state index >= 15 is 4.39 Å². The van der Waals surface area contributed by atoms with Gasteiger partial charge in [-0.05, 0) is 48.7 Å². The highest BCUT2D eigenvalue weighted by Gasteiger charge is 2.55. The molecule has 2 amide bonds. The fourth-order valence-electron chi connectivity index (χ4n) is 5.51. The molecule has 1 fully saturated rings. The molecule has 5 rings (SSSR count). The largest absolute Gasteiger partial charge is 0.350 e. The molecule has 1 unspecified atom stereocenters. The SMILES string of the molecule is O=C(NCc1ccccn1)C1c2ccccc2C(=O)N(c2ccccc2F)C12CCCCC2. The molecule has 1 atom stereocenters. The van der Waals surface area contributed by atoms with Crippen molar-refractivity contribution in [2.75, 3.05) is 4.90 Å². The van der Waals surface area contributed by atoms with E-state index in [9.17, 15) is 9.59 Å². The summed E-state index contributed by atoms with van der Waals surface area (Å²) in [4.78, 5) is 33.5. The zero-order valence-electron chi connectivity index (χ0n) is 18.3. The molecule has 2 aromatic carbocycles. The molecule has 5 nitrogen and oxygen atoms in total. The van der Waals surface area contributed by atoms with Crippen molar-refractivity contribution in [1.82, 2.24) is 10.3 Å². The molecule has 168 valence electrons. The number of para-hydroxylation sites is 1. The van der Waals surface area contributed by atoms with E-state index in [1.807, 2.05) is 30.3 Å². The van der Waals surface area contributed by atoms with E-state index in [1.54, 1.807) is 41.4 Å². The predicted octanol–water partition coefficient (Wildman–Crippen LogP) is 4.98. The van der Waals surface area contributed by atoms with Crippen LogP contribution in [0.2, 0.25) is 0 Å². The number of anilines is 1. The van der Waals surface area contributed by atoms with E-state index in [4.69, 9.17) is 0 Å². The maximum Gasteiger partial charge on any atom is 0.259 e. The van der Waals surface area contributed by atoms with Gasteiger partial charge in [-0.15, -0.1) is 0 Å². The quantitative estimate of drug-likeness (QED) is 0.618. The third kappa shape index (κ3) is 3.69. The summed E-state index contributed by atoms with van der Waals surface area (Å²) in [6, 6.07) is 19.2. The monoisotopic (exact) mass is 443 g/mol. The molecule has 1 aliphatic carbocycles. The van der Waals surface area contributed by atoms with Crippen LogP contribution >= 0.6 is 0 Å². The molecule has 2 heterocycles. The maximum absolute atomic E-state index is 15.1. The fourth-order valence-corrected chi connectivity index (χ4v) is 5.51. The second-order valence-electron chi connectivity index (χ2n) is 8.82. The van der Waals surface area contributed by atoms with Gasteiger partial charge in [0.1, 0.15) is 5.82 Å². The Bertz CT molecular complexity index is 1170. The third-order valence-electron chi connectivity index (χ3n) is 6.93. The van der Waals surface area contributed by atoms with Crippen molar-refractivity contribution in [2.24, 2.45) is 0 Å². The Morgan fingerprint density at radius 3 is 2.48 bits per heavy atom. The number of rotatable bonds is 4. The highest BCUT2D eigenvalue weighted by atomic mass is 19.1. The third-order valence-corrected chi connectivity index (χ3v) is 6.93. The number of hydrogen-bond acceptors (Lipinski definition) is 3. The number of benzene rings is 2. The number of amides is 2. The number of nitrogens with one attached hydrogen (secondary N) is 1. The molecule has 1 aromatic heterocycles. The second kappa shape index (κ2) is 8.77. The van der Waals surface area contributed by atoms with Gasteiger partial charge in [-0.25, -0.2) is 4.39 Å². The lowest BCUT2D eigenvalue weighted by molar-refractivity contribution is -0.124. The smallest absolute Gasteiger partial charge is 0.259 e. The lowest BCUT2D eigenvalue weighted by atomic mass is 9.65. The first-order valence-corrected chi connectivity index (χ1v) is 11.5. The van der Waals surface area contributed by atoms with E-state index in [2.05, 4.69) is 10.3 Å². The topological polar surface area (TPSA) is 62.3 Å². The molecule has 1 spiro atoms. The first-order chi connectivity index (χ1) is 16.1. The minimum atomic E-state index is -0.819. The normalized spacial score (nSPS) is 19.2. The van der Waals surface area contributed by atoms with Crippen molar-refractivity contribution in [3.63, 3.8) is 0 Å². The Balaban J connectivity index is 1.63. The van der Waals surface area contributed by atoms with Gasteiger partial charge in [-0.3, -0.25) is 19.5 Å². The maximum atomic E-state index is 15.1. The van der Waals surface area contributed by atoms with Gasteiger partial charge in [0.2, 0.25) is 5.91 Å². The minimum Gasteiger partial charge on any atom is -0.350 e. The summed E-state index contributed by atoms with van der Waals surface area (Å²) in [6.07, 6.45) is 5.77. The highest BCUT2D eigenvalue weighted by molar-refractivity contribution is 6.12. The minimum absolute atomic E-state index is 0.163. The summed E-state index contributed by atoms with van der Waals surface area (Å²) in [5.74, 6) is -1.46. The summed E-state index contributed by atoms with van der Waals surface area (Å²) < 4.78 is 15.1. The predicted molar refractivity (Wildman–Crippen MR) is 124 cm³/mol. The zero-order chi connectivity index (χ0) is 22.8. The van der Waals surface area contributed by atoms with E-state index in [-0.39, 0.29) is 17.5 Å². The molecule has 1 N–H and O–H groups in total. The van der Waals surface area contributed by atoms with Gasteiger partial charge in [0.25, 0.3) is 5.91 Å². The number of carbonyl (C=O) groups excluding carboxylic acids is 2. The van der Waals surface area contributed by atoms with E-state index in [1.165, 1.54) is 6.07 Å². The zero-order valence-corrected chi connectivity index (χ0v) is 18.3. The summed E-state index contributed by atoms with van der Waals surface area (Å²) in [6.45, 7) is 0.294. The van der Waals surface area contributed by atoms with Gasteiger partial charge in [-0.2, -0.15) is 0 Å². The first-order valence-electron chi connectivity index (χ1n) is 11.5. The first kappa shape index (κ1) is 21.3. The van der Waals surface area contributed by atoms with Crippen LogP contribution in [0.15, 0.2) is 72.9 Å². The van der Waals surface area contributed by atoms with Crippen molar-refractivity contribution in [3.05, 3.63) is 95.6 Å². The lowest BCUT2D eigenvalue weighted by Crippen LogP contribution is -2.63. The van der Waals surface area contributed by atoms with Gasteiger partial charge in [0, 0.05) is 11.8 Å². The number of carbonyl (C=O) groups is 2. The van der Waals surface area contributed by atoms with Crippen LogP contribution in [-0.4, -0.2) is 22.3 Å². The van der Waals surface area contributed by atoms with Crippen LogP contribution in [-0.2, 0) is 11.3 Å². The van der Waals surface area contributed by atoms with Gasteiger partial charge in [0.15, 0.2) is 0 Å². The average molecular weight is 444 g/mol. The van der Waals surface area contributed by atoms with Crippen LogP contribution in [0.5, 0.6) is 0 Å². The Morgan fingerprint density at radius 2 is 1.73 bits per heavy atom. The van der Waals surface area contributed by atoms with Gasteiger partial charge >= 0.3 is 0 Å². The summed E-state index contributed by atoms with van der Waals surface area (Å²) in [5.41, 5.74) is 1.35. The van der Waals surface area contributed by atoms with Gasteiger partial charge < -0.3 is 5.32 Å². The highest BCUT2D eigenvalue weighted by Crippen LogP contribution is 2.51. The summed E-state index contributed by atoms with van der Waals surface area (Å²) in [7, 11) is 0. The lowest BCUT2D eigenvalue weighted by Gasteiger charge is -2.53. The number of hydrogen-bond donors (Lipinski definition) is 1. The molecule has 2 aliphatic rings. The van der Waals surface area contributed by atoms with E-state index in [0.717, 1.165) is 30.5 Å². The van der Waals surface area contributed by atoms with Crippen LogP contribution in [0.3, 0.4) is 0 Å². The van der Waals surface area contributed by atoms with Crippen molar-refractivity contribution in [1.29, 1.82) is 0 Å². The molecule has 6 heteroatoms. The number of pyridine rings is 1. The van der Waals surface area contributed by atoms with Crippen molar-refractivity contribution < 1.29 is 14.0 Å². The Hall–Kier alpha value is -3.54. The number of fused-ring (bicyclic) bond motifs is 1. The van der Waals surface area contributed by atoms with E-state index < -0.39 is 17.3 Å². The summed E-state index contributed by atoms with van der Waals surface area (Å²) >= 11 is 0. The Morgan fingerprint density at radius 1 is 1.00 bits per heavy atom. The molecular formula is C27H26FN3O2. The van der Waals surface area contributed by atoms with Crippen LogP contribution in [0.4, 0.5) is 10.1 Å². The van der Waals surface area contributed by atoms with Crippen molar-refractivity contribution in [3.8, 4) is 0 Å². The van der Waals surface area contributed by atoms with Crippen molar-refractivity contribution in [2.45, 2.75) is 50.1 Å². The number of halogens is 1. The van der Waals surface area contributed by atoms with Crippen LogP contribution in [0.25, 0.3) is 0 Å². The van der Waals surface area contributed by atoms with Gasteiger partial charge in [0.05, 0.1) is 29.4 Å². The molecule has 33 heavy (non-hydrogen) atoms. The molecular weight excluding hydrogens is 417 g/mol. The molecule has 1 saturated carbocycles. The molecule has 0 radical (unpaired) electrons. The standard InChI is InChI=1S/C27H26FN3O2/c28-22-13-4-5-14-23(22)31-26(33)21-12-3-2-11-20(21)24(27(31)15-7-1-8-16-27)25(32)30-18-19-10-6-9-17-29-19/h2-6,9-14,17,24H,1,7-8,15-16,18H2,(H,30,32). The average Bonchev–Trinajstić information content (AvgIpc) is 2.85. The summed E-state index contributed by atoms with van der Waals surface area (Å²) in [5, 5.41) is 3.05. The van der Waals surface area contributed by atoms with E-state index in [0.29, 0.717) is 24.9 Å². The van der Waals surface area contributed by atoms with Gasteiger partial charge in [-0.1, -0.05) is 55.7 Å².